The van der Waals surface area contributed by atoms with E-state index in [2.05, 4.69) is 31.6 Å². The van der Waals surface area contributed by atoms with Gasteiger partial charge in [0, 0.05) is 36.8 Å². The summed E-state index contributed by atoms with van der Waals surface area (Å²) in [5, 5.41) is 6.29. The number of nitrogens with zero attached hydrogens (tertiary/aromatic N) is 1. The van der Waals surface area contributed by atoms with Crippen molar-refractivity contribution in [2.75, 3.05) is 20.2 Å². The molecule has 1 aliphatic rings. The number of benzene rings is 1. The fourth-order valence-corrected chi connectivity index (χ4v) is 2.41. The minimum absolute atomic E-state index is 0. The molecule has 1 aliphatic heterocycles. The highest BCUT2D eigenvalue weighted by atomic mass is 127. The summed E-state index contributed by atoms with van der Waals surface area (Å²) in [5.74, 6) is 0.421. The van der Waals surface area contributed by atoms with Crippen LogP contribution in [0.25, 0.3) is 0 Å². The van der Waals surface area contributed by atoms with Gasteiger partial charge >= 0.3 is 0 Å². The monoisotopic (exact) mass is 471 g/mol. The normalized spacial score (nSPS) is 18.2. The zero-order valence-corrected chi connectivity index (χ0v) is 15.8. The summed E-state index contributed by atoms with van der Waals surface area (Å²) in [4.78, 5) is 4.12. The van der Waals surface area contributed by atoms with Crippen molar-refractivity contribution in [2.24, 2.45) is 4.99 Å². The molecule has 7 heteroatoms. The van der Waals surface area contributed by atoms with Gasteiger partial charge in [-0.3, -0.25) is 4.99 Å². The van der Waals surface area contributed by atoms with Gasteiger partial charge in [-0.1, -0.05) is 22.0 Å². The summed E-state index contributed by atoms with van der Waals surface area (Å²) in [6, 6.07) is 5.03. The first-order valence-corrected chi connectivity index (χ1v) is 7.48. The average Bonchev–Trinajstić information content (AvgIpc) is 2.94. The molecule has 0 bridgehead atoms. The first-order chi connectivity index (χ1) is 9.69. The van der Waals surface area contributed by atoms with Crippen LogP contribution in [0.3, 0.4) is 0 Å². The van der Waals surface area contributed by atoms with Crippen molar-refractivity contribution in [3.05, 3.63) is 34.1 Å². The van der Waals surface area contributed by atoms with E-state index in [9.17, 15) is 4.39 Å². The van der Waals surface area contributed by atoms with Crippen molar-refractivity contribution in [1.29, 1.82) is 0 Å². The fourth-order valence-electron chi connectivity index (χ4n) is 2.08. The number of rotatable bonds is 4. The van der Waals surface area contributed by atoms with Gasteiger partial charge in [0.1, 0.15) is 5.82 Å². The van der Waals surface area contributed by atoms with Crippen molar-refractivity contribution in [1.82, 2.24) is 10.6 Å². The molecule has 0 radical (unpaired) electrons. The lowest BCUT2D eigenvalue weighted by Crippen LogP contribution is -2.40. The lowest BCUT2D eigenvalue weighted by Gasteiger charge is -2.15. The number of aliphatic imine (C=N–C) groups is 1. The van der Waals surface area contributed by atoms with Crippen LogP contribution in [0.4, 0.5) is 4.39 Å². The van der Waals surface area contributed by atoms with E-state index < -0.39 is 0 Å². The first kappa shape index (κ1) is 18.6. The molecule has 0 spiro atoms. The lowest BCUT2D eigenvalue weighted by atomic mass is 10.2. The Bertz CT molecular complexity index is 481. The van der Waals surface area contributed by atoms with Gasteiger partial charge in [-0.05, 0) is 25.0 Å². The molecule has 118 valence electrons. The molecule has 1 fully saturated rings. The number of hydrogen-bond acceptors (Lipinski definition) is 2. The van der Waals surface area contributed by atoms with E-state index in [0.29, 0.717) is 18.1 Å². The van der Waals surface area contributed by atoms with Crippen molar-refractivity contribution in [2.45, 2.75) is 25.5 Å². The predicted octanol–water partition coefficient (Wildman–Crippen LogP) is 3.05. The molecule has 0 aromatic heterocycles. The van der Waals surface area contributed by atoms with E-state index in [1.807, 2.05) is 6.07 Å². The maximum absolute atomic E-state index is 13.7. The molecule has 0 aliphatic carbocycles. The minimum Gasteiger partial charge on any atom is -0.376 e. The van der Waals surface area contributed by atoms with E-state index in [0.717, 1.165) is 30.5 Å². The Labute approximate surface area is 150 Å². The van der Waals surface area contributed by atoms with Crippen LogP contribution in [0.1, 0.15) is 18.4 Å². The van der Waals surface area contributed by atoms with Gasteiger partial charge in [-0.2, -0.15) is 0 Å². The van der Waals surface area contributed by atoms with Crippen LogP contribution >= 0.6 is 39.9 Å². The van der Waals surface area contributed by atoms with E-state index in [-0.39, 0.29) is 35.9 Å². The minimum atomic E-state index is -0.235. The van der Waals surface area contributed by atoms with Crippen LogP contribution in [0.2, 0.25) is 0 Å². The van der Waals surface area contributed by atoms with Crippen LogP contribution in [-0.2, 0) is 11.3 Å². The SMILES string of the molecule is CN=C(NCc1ccc(Br)cc1F)NCC1CCCO1.I. The van der Waals surface area contributed by atoms with Crippen molar-refractivity contribution in [3.63, 3.8) is 0 Å². The Hall–Kier alpha value is -0.410. The number of halogens is 3. The van der Waals surface area contributed by atoms with Crippen molar-refractivity contribution >= 4 is 45.9 Å². The summed E-state index contributed by atoms with van der Waals surface area (Å²) < 4.78 is 20.0. The molecule has 1 aromatic rings. The molecule has 21 heavy (non-hydrogen) atoms. The second-order valence-corrected chi connectivity index (χ2v) is 5.59. The molecule has 1 unspecified atom stereocenters. The Kier molecular flexibility index (Phi) is 8.50. The van der Waals surface area contributed by atoms with E-state index >= 15 is 0 Å². The van der Waals surface area contributed by atoms with E-state index in [1.54, 1.807) is 13.1 Å². The second-order valence-electron chi connectivity index (χ2n) is 4.68. The summed E-state index contributed by atoms with van der Waals surface area (Å²) >= 11 is 3.24. The molecule has 2 N–H and O–H groups in total. The van der Waals surface area contributed by atoms with Crippen LogP contribution < -0.4 is 10.6 Å². The van der Waals surface area contributed by atoms with Crippen molar-refractivity contribution in [3.8, 4) is 0 Å². The molecule has 1 heterocycles. The van der Waals surface area contributed by atoms with Gasteiger partial charge in [0.2, 0.25) is 0 Å². The maximum atomic E-state index is 13.7. The second kappa shape index (κ2) is 9.58. The van der Waals surface area contributed by atoms with Gasteiger partial charge in [0.15, 0.2) is 5.96 Å². The predicted molar refractivity (Wildman–Crippen MR) is 96.7 cm³/mol. The molecular formula is C14H20BrFIN3O. The summed E-state index contributed by atoms with van der Waals surface area (Å²) in [6.45, 7) is 1.95. The highest BCUT2D eigenvalue weighted by Gasteiger charge is 2.15. The first-order valence-electron chi connectivity index (χ1n) is 6.69. The van der Waals surface area contributed by atoms with Gasteiger partial charge in [0.25, 0.3) is 0 Å². The fraction of sp³-hybridized carbons (Fsp3) is 0.500. The van der Waals surface area contributed by atoms with Crippen molar-refractivity contribution < 1.29 is 9.13 Å². The van der Waals surface area contributed by atoms with Gasteiger partial charge < -0.3 is 15.4 Å². The largest absolute Gasteiger partial charge is 0.376 e. The Balaban J connectivity index is 0.00000220. The third-order valence-corrected chi connectivity index (χ3v) is 3.70. The lowest BCUT2D eigenvalue weighted by molar-refractivity contribution is 0.114. The zero-order valence-electron chi connectivity index (χ0n) is 11.9. The molecule has 0 amide bonds. The molecule has 0 saturated carbocycles. The third-order valence-electron chi connectivity index (χ3n) is 3.21. The van der Waals surface area contributed by atoms with E-state index in [4.69, 9.17) is 4.74 Å². The van der Waals surface area contributed by atoms with Gasteiger partial charge in [-0.15, -0.1) is 24.0 Å². The maximum Gasteiger partial charge on any atom is 0.191 e. The quantitative estimate of drug-likeness (QED) is 0.403. The highest BCUT2D eigenvalue weighted by Crippen LogP contribution is 2.15. The molecular weight excluding hydrogens is 452 g/mol. The topological polar surface area (TPSA) is 45.7 Å². The highest BCUT2D eigenvalue weighted by molar-refractivity contribution is 14.0. The van der Waals surface area contributed by atoms with Crippen LogP contribution in [0, 0.1) is 5.82 Å². The molecule has 1 aromatic carbocycles. The average molecular weight is 472 g/mol. The van der Waals surface area contributed by atoms with Crippen LogP contribution in [-0.4, -0.2) is 32.3 Å². The number of ether oxygens (including phenoxy) is 1. The standard InChI is InChI=1S/C14H19BrFN3O.HI/c1-17-14(19-9-12-3-2-6-20-12)18-8-10-4-5-11(15)7-13(10)16;/h4-5,7,12H,2-3,6,8-9H2,1H3,(H2,17,18,19);1H. The summed E-state index contributed by atoms with van der Waals surface area (Å²) in [5.41, 5.74) is 0.605. The molecule has 2 rings (SSSR count). The van der Waals surface area contributed by atoms with E-state index in [1.165, 1.54) is 6.07 Å². The zero-order chi connectivity index (χ0) is 14.4. The van der Waals surface area contributed by atoms with Crippen LogP contribution in [0.15, 0.2) is 27.7 Å². The van der Waals surface area contributed by atoms with Crippen LogP contribution in [0.5, 0.6) is 0 Å². The van der Waals surface area contributed by atoms with Gasteiger partial charge in [-0.25, -0.2) is 4.39 Å². The summed E-state index contributed by atoms with van der Waals surface area (Å²) in [7, 11) is 1.70. The Morgan fingerprint density at radius 2 is 2.29 bits per heavy atom. The number of hydrogen-bond donors (Lipinski definition) is 2. The third kappa shape index (κ3) is 6.07. The summed E-state index contributed by atoms with van der Waals surface area (Å²) in [6.07, 6.45) is 2.44. The Morgan fingerprint density at radius 1 is 1.48 bits per heavy atom. The Morgan fingerprint density at radius 3 is 2.90 bits per heavy atom. The number of guanidine groups is 1. The van der Waals surface area contributed by atoms with Gasteiger partial charge in [0.05, 0.1) is 6.10 Å². The smallest absolute Gasteiger partial charge is 0.191 e. The molecule has 1 saturated heterocycles. The molecule has 4 nitrogen and oxygen atoms in total. The molecule has 1 atom stereocenters. The number of nitrogens with one attached hydrogen (secondary N) is 2.